The summed E-state index contributed by atoms with van der Waals surface area (Å²) >= 11 is 1.89. The van der Waals surface area contributed by atoms with Gasteiger partial charge in [-0.05, 0) is 62.7 Å². The van der Waals surface area contributed by atoms with E-state index >= 15 is 0 Å². The van der Waals surface area contributed by atoms with Crippen molar-refractivity contribution in [3.63, 3.8) is 0 Å². The summed E-state index contributed by atoms with van der Waals surface area (Å²) in [7, 11) is 0. The van der Waals surface area contributed by atoms with Crippen LogP contribution in [0.3, 0.4) is 0 Å². The summed E-state index contributed by atoms with van der Waals surface area (Å²) in [6.07, 6.45) is 0. The van der Waals surface area contributed by atoms with E-state index in [0.717, 1.165) is 33.6 Å². The van der Waals surface area contributed by atoms with Crippen molar-refractivity contribution in [1.82, 2.24) is 9.97 Å². The minimum Gasteiger partial charge on any atom is -0.228 e. The Hall–Kier alpha value is -6.42. The van der Waals surface area contributed by atoms with Gasteiger partial charge in [0.1, 0.15) is 0 Å². The smallest absolute Gasteiger partial charge is 0.160 e. The first-order chi connectivity index (χ1) is 25.3. The van der Waals surface area contributed by atoms with Gasteiger partial charge in [0.2, 0.25) is 0 Å². The van der Waals surface area contributed by atoms with Gasteiger partial charge in [0, 0.05) is 42.2 Å². The maximum atomic E-state index is 5.14. The molecule has 0 aliphatic heterocycles. The van der Waals surface area contributed by atoms with Crippen molar-refractivity contribution in [1.29, 1.82) is 0 Å². The molecule has 10 rings (SSSR count). The first-order valence-corrected chi connectivity index (χ1v) is 18.1. The van der Waals surface area contributed by atoms with E-state index in [1.807, 2.05) is 35.6 Å². The lowest BCUT2D eigenvalue weighted by Gasteiger charge is -2.11. The summed E-state index contributed by atoms with van der Waals surface area (Å²) in [5, 5.41) is 7.88. The Labute approximate surface area is 300 Å². The largest absolute Gasteiger partial charge is 0.228 e. The Balaban J connectivity index is 1.10. The molecule has 0 atom stereocenters. The van der Waals surface area contributed by atoms with Crippen molar-refractivity contribution in [2.45, 2.75) is 0 Å². The van der Waals surface area contributed by atoms with Gasteiger partial charge in [0.05, 0.1) is 11.4 Å². The summed E-state index contributed by atoms with van der Waals surface area (Å²) in [6.45, 7) is 0. The van der Waals surface area contributed by atoms with Crippen molar-refractivity contribution in [2.75, 3.05) is 0 Å². The van der Waals surface area contributed by atoms with Gasteiger partial charge in [0.25, 0.3) is 0 Å². The number of hydrogen-bond acceptors (Lipinski definition) is 3. The van der Waals surface area contributed by atoms with Crippen LogP contribution in [0.5, 0.6) is 0 Å². The second kappa shape index (κ2) is 12.2. The lowest BCUT2D eigenvalue weighted by atomic mass is 9.95. The van der Waals surface area contributed by atoms with E-state index in [1.165, 1.54) is 58.4 Å². The molecule has 0 radical (unpaired) electrons. The van der Waals surface area contributed by atoms with Crippen LogP contribution in [0.1, 0.15) is 0 Å². The molecule has 0 unspecified atom stereocenters. The Kier molecular flexibility index (Phi) is 7.04. The Morgan fingerprint density at radius 3 is 1.57 bits per heavy atom. The maximum absolute atomic E-state index is 5.14. The van der Waals surface area contributed by atoms with Gasteiger partial charge in [-0.25, -0.2) is 9.97 Å². The van der Waals surface area contributed by atoms with E-state index in [9.17, 15) is 0 Å². The number of thiophene rings is 1. The summed E-state index contributed by atoms with van der Waals surface area (Å²) < 4.78 is 2.65. The normalized spacial score (nSPS) is 11.5. The third-order valence-corrected chi connectivity index (χ3v) is 11.1. The first kappa shape index (κ1) is 29.5. The molecule has 0 aliphatic rings. The van der Waals surface area contributed by atoms with Crippen LogP contribution in [0, 0.1) is 0 Å². The molecule has 0 spiro atoms. The molecule has 2 aromatic heterocycles. The van der Waals surface area contributed by atoms with Crippen LogP contribution in [0.15, 0.2) is 182 Å². The predicted octanol–water partition coefficient (Wildman–Crippen LogP) is 13.5. The summed E-state index contributed by atoms with van der Waals surface area (Å²) in [4.78, 5) is 10.2. The highest BCUT2D eigenvalue weighted by Gasteiger charge is 2.16. The van der Waals surface area contributed by atoms with Crippen LogP contribution < -0.4 is 0 Å². The lowest BCUT2D eigenvalue weighted by Crippen LogP contribution is -1.96. The van der Waals surface area contributed by atoms with Crippen LogP contribution >= 0.6 is 11.3 Å². The highest BCUT2D eigenvalue weighted by molar-refractivity contribution is 7.27. The average molecular weight is 667 g/mol. The summed E-state index contributed by atoms with van der Waals surface area (Å²) in [5.41, 5.74) is 9.63. The number of rotatable bonds is 5. The molecule has 0 amide bonds. The van der Waals surface area contributed by atoms with E-state index in [-0.39, 0.29) is 0 Å². The fourth-order valence-corrected chi connectivity index (χ4v) is 8.60. The lowest BCUT2D eigenvalue weighted by molar-refractivity contribution is 1.18. The van der Waals surface area contributed by atoms with Crippen LogP contribution in [-0.2, 0) is 0 Å². The van der Waals surface area contributed by atoms with Crippen molar-refractivity contribution in [3.05, 3.63) is 182 Å². The monoisotopic (exact) mass is 666 g/mol. The highest BCUT2D eigenvalue weighted by Crippen LogP contribution is 2.45. The number of aromatic nitrogens is 2. The van der Waals surface area contributed by atoms with Crippen molar-refractivity contribution < 1.29 is 0 Å². The number of nitrogens with zero attached hydrogens (tertiary/aromatic N) is 2. The molecule has 10 aromatic rings. The molecule has 0 saturated carbocycles. The van der Waals surface area contributed by atoms with Crippen molar-refractivity contribution in [3.8, 4) is 56.2 Å². The van der Waals surface area contributed by atoms with E-state index in [0.29, 0.717) is 5.82 Å². The van der Waals surface area contributed by atoms with Gasteiger partial charge in [-0.1, -0.05) is 158 Å². The van der Waals surface area contributed by atoms with Gasteiger partial charge in [-0.3, -0.25) is 0 Å². The number of benzene rings is 8. The molecule has 0 bridgehead atoms. The number of hydrogen-bond donors (Lipinski definition) is 0. The zero-order chi connectivity index (χ0) is 33.7. The Bertz CT molecular complexity index is 2890. The van der Waals surface area contributed by atoms with Gasteiger partial charge >= 0.3 is 0 Å². The van der Waals surface area contributed by atoms with E-state index < -0.39 is 0 Å². The molecule has 0 aliphatic carbocycles. The van der Waals surface area contributed by atoms with Gasteiger partial charge in [0.15, 0.2) is 5.82 Å². The molecular weight excluding hydrogens is 637 g/mol. The third-order valence-electron chi connectivity index (χ3n) is 9.88. The summed E-state index contributed by atoms with van der Waals surface area (Å²) in [5.74, 6) is 0.714. The van der Waals surface area contributed by atoms with Crippen LogP contribution in [0.2, 0.25) is 0 Å². The minimum absolute atomic E-state index is 0.714. The van der Waals surface area contributed by atoms with Crippen LogP contribution in [-0.4, -0.2) is 9.97 Å². The number of fused-ring (bicyclic) bond motifs is 8. The standard InChI is InChI=1S/C48H30N2S/c1-3-12-31(13-4-1)32-22-24-33(25-23-32)43-30-44(50-48(49-43)34-14-5-2-6-15-34)37-17-11-16-35(28-37)36-26-27-45-42(29-36)46-40-20-9-7-18-38(40)39-19-8-10-21-41(39)47(46)51-45/h1-30H. The average Bonchev–Trinajstić information content (AvgIpc) is 3.61. The fraction of sp³-hybridized carbons (Fsp3) is 0. The van der Waals surface area contributed by atoms with Crippen LogP contribution in [0.4, 0.5) is 0 Å². The first-order valence-electron chi connectivity index (χ1n) is 17.2. The van der Waals surface area contributed by atoms with Gasteiger partial charge in [-0.2, -0.15) is 0 Å². The Morgan fingerprint density at radius 2 is 0.824 bits per heavy atom. The van der Waals surface area contributed by atoms with E-state index in [4.69, 9.17) is 9.97 Å². The topological polar surface area (TPSA) is 25.8 Å². The molecule has 2 nitrogen and oxygen atoms in total. The molecule has 0 fully saturated rings. The van der Waals surface area contributed by atoms with Gasteiger partial charge in [-0.15, -0.1) is 11.3 Å². The molecular formula is C48H30N2S. The predicted molar refractivity (Wildman–Crippen MR) is 217 cm³/mol. The Morgan fingerprint density at radius 1 is 0.314 bits per heavy atom. The van der Waals surface area contributed by atoms with Crippen molar-refractivity contribution >= 4 is 53.1 Å². The molecule has 238 valence electrons. The summed E-state index contributed by atoms with van der Waals surface area (Å²) in [6, 6.07) is 64.9. The minimum atomic E-state index is 0.714. The molecule has 3 heteroatoms. The van der Waals surface area contributed by atoms with Crippen LogP contribution in [0.25, 0.3) is 97.9 Å². The zero-order valence-electron chi connectivity index (χ0n) is 27.6. The molecule has 8 aromatic carbocycles. The van der Waals surface area contributed by atoms with E-state index in [2.05, 4.69) is 158 Å². The van der Waals surface area contributed by atoms with Crippen molar-refractivity contribution in [2.24, 2.45) is 0 Å². The molecule has 2 heterocycles. The highest BCUT2D eigenvalue weighted by atomic mass is 32.1. The molecule has 0 saturated heterocycles. The maximum Gasteiger partial charge on any atom is 0.160 e. The molecule has 0 N–H and O–H groups in total. The second-order valence-electron chi connectivity index (χ2n) is 13.0. The SMILES string of the molecule is c1ccc(-c2ccc(-c3cc(-c4cccc(-c5ccc6sc7c8ccccc8c8ccccc8c7c6c5)c4)nc(-c4ccccc4)n3)cc2)cc1. The quantitative estimate of drug-likeness (QED) is 0.171. The van der Waals surface area contributed by atoms with Gasteiger partial charge < -0.3 is 0 Å². The third kappa shape index (κ3) is 5.18. The van der Waals surface area contributed by atoms with E-state index in [1.54, 1.807) is 0 Å². The second-order valence-corrected chi connectivity index (χ2v) is 14.0. The fourth-order valence-electron chi connectivity index (χ4n) is 7.37. The molecule has 51 heavy (non-hydrogen) atoms. The zero-order valence-corrected chi connectivity index (χ0v) is 28.4.